The lowest BCUT2D eigenvalue weighted by atomic mass is 10.1. The molecule has 0 saturated heterocycles. The predicted octanol–water partition coefficient (Wildman–Crippen LogP) is 3.44. The Hall–Kier alpha value is -1.60. The molecule has 8 heteroatoms. The highest BCUT2D eigenvalue weighted by Crippen LogP contribution is 2.22. The van der Waals surface area contributed by atoms with Gasteiger partial charge in [0.1, 0.15) is 0 Å². The zero-order valence-electron chi connectivity index (χ0n) is 13.6. The van der Waals surface area contributed by atoms with Crippen LogP contribution in [0.25, 0.3) is 0 Å². The van der Waals surface area contributed by atoms with E-state index in [2.05, 4.69) is 5.32 Å². The van der Waals surface area contributed by atoms with Crippen LogP contribution in [0.15, 0.2) is 48.5 Å². The van der Waals surface area contributed by atoms with Crippen molar-refractivity contribution in [2.75, 3.05) is 24.7 Å². The number of benzene rings is 2. The van der Waals surface area contributed by atoms with E-state index in [4.69, 9.17) is 23.2 Å². The Kier molecular flexibility index (Phi) is 6.84. The van der Waals surface area contributed by atoms with Crippen LogP contribution in [0, 0.1) is 0 Å². The fourth-order valence-corrected chi connectivity index (χ4v) is 3.55. The molecule has 134 valence electrons. The Balaban J connectivity index is 2.02. The maximum Gasteiger partial charge on any atom is 0.239 e. The second kappa shape index (κ2) is 8.67. The lowest BCUT2D eigenvalue weighted by Crippen LogP contribution is -2.38. The number of nitrogens with zero attached hydrogens (tertiary/aromatic N) is 1. The summed E-state index contributed by atoms with van der Waals surface area (Å²) in [5, 5.41) is 3.37. The molecule has 0 radical (unpaired) electrons. The minimum absolute atomic E-state index is 0.215. The monoisotopic (exact) mass is 400 g/mol. The average molecular weight is 401 g/mol. The molecular formula is C17H18Cl2N2O3S. The highest BCUT2D eigenvalue weighted by Gasteiger charge is 2.20. The third kappa shape index (κ3) is 6.66. The second-order valence-electron chi connectivity index (χ2n) is 5.54. The van der Waals surface area contributed by atoms with E-state index < -0.39 is 15.9 Å². The van der Waals surface area contributed by atoms with Crippen LogP contribution >= 0.6 is 23.2 Å². The first-order valence-electron chi connectivity index (χ1n) is 7.49. The van der Waals surface area contributed by atoms with Gasteiger partial charge in [-0.15, -0.1) is 0 Å². The van der Waals surface area contributed by atoms with Crippen LogP contribution in [0.3, 0.4) is 0 Å². The molecule has 0 aliphatic carbocycles. The molecule has 0 atom stereocenters. The number of carbonyl (C=O) groups excluding carboxylic acids is 1. The number of halogens is 2. The van der Waals surface area contributed by atoms with Crippen LogP contribution in [-0.4, -0.2) is 38.0 Å². The number of carbonyl (C=O) groups is 1. The predicted molar refractivity (Wildman–Crippen MR) is 102 cm³/mol. The van der Waals surface area contributed by atoms with Crippen LogP contribution in [0.5, 0.6) is 0 Å². The van der Waals surface area contributed by atoms with Crippen LogP contribution in [0.1, 0.15) is 5.56 Å². The Morgan fingerprint density at radius 3 is 2.24 bits per heavy atom. The summed E-state index contributed by atoms with van der Waals surface area (Å²) in [5.41, 5.74) is 1.41. The van der Waals surface area contributed by atoms with Gasteiger partial charge in [-0.25, -0.2) is 8.42 Å². The molecule has 0 heterocycles. The Labute approximate surface area is 157 Å². The largest absolute Gasteiger partial charge is 0.325 e. The maximum absolute atomic E-state index is 12.2. The van der Waals surface area contributed by atoms with Crippen molar-refractivity contribution in [1.82, 2.24) is 4.31 Å². The van der Waals surface area contributed by atoms with Crippen molar-refractivity contribution in [1.29, 1.82) is 0 Å². The zero-order valence-corrected chi connectivity index (χ0v) is 15.9. The molecule has 25 heavy (non-hydrogen) atoms. The Bertz CT molecular complexity index is 822. The van der Waals surface area contributed by atoms with Gasteiger partial charge in [0, 0.05) is 22.3 Å². The summed E-state index contributed by atoms with van der Waals surface area (Å²) in [6.45, 7) is -0.0671. The van der Waals surface area contributed by atoms with Crippen molar-refractivity contribution in [3.63, 3.8) is 0 Å². The molecule has 0 saturated carbocycles. The Morgan fingerprint density at radius 2 is 1.68 bits per heavy atom. The average Bonchev–Trinajstić information content (AvgIpc) is 2.50. The summed E-state index contributed by atoms with van der Waals surface area (Å²) >= 11 is 11.8. The molecule has 0 aliphatic rings. The maximum atomic E-state index is 12.2. The van der Waals surface area contributed by atoms with Gasteiger partial charge in [-0.2, -0.15) is 4.31 Å². The minimum atomic E-state index is -3.52. The first kappa shape index (κ1) is 19.7. The quantitative estimate of drug-likeness (QED) is 0.773. The van der Waals surface area contributed by atoms with Crippen molar-refractivity contribution >= 4 is 44.8 Å². The fourth-order valence-electron chi connectivity index (χ4n) is 2.25. The number of anilines is 1. The summed E-state index contributed by atoms with van der Waals surface area (Å²) in [5.74, 6) is -0.461. The molecule has 1 amide bonds. The summed E-state index contributed by atoms with van der Waals surface area (Å²) in [6, 6.07) is 14.1. The number of hydrogen-bond donors (Lipinski definition) is 1. The van der Waals surface area contributed by atoms with Gasteiger partial charge < -0.3 is 5.32 Å². The van der Waals surface area contributed by atoms with Gasteiger partial charge in [0.15, 0.2) is 0 Å². The molecule has 2 rings (SSSR count). The minimum Gasteiger partial charge on any atom is -0.325 e. The topological polar surface area (TPSA) is 66.5 Å². The van der Waals surface area contributed by atoms with E-state index in [-0.39, 0.29) is 13.1 Å². The zero-order chi connectivity index (χ0) is 18.4. The van der Waals surface area contributed by atoms with Gasteiger partial charge in [-0.3, -0.25) is 4.79 Å². The fraction of sp³-hybridized carbons (Fsp3) is 0.235. The molecule has 0 aliphatic heterocycles. The first-order chi connectivity index (χ1) is 11.7. The van der Waals surface area contributed by atoms with Crippen molar-refractivity contribution in [3.8, 4) is 0 Å². The van der Waals surface area contributed by atoms with E-state index >= 15 is 0 Å². The SMILES string of the molecule is CS(=O)(=O)N(CCc1ccccc1)CC(=O)Nc1cc(Cl)cc(Cl)c1. The standard InChI is InChI=1S/C17H18Cl2N2O3S/c1-25(23,24)21(8-7-13-5-3-2-4-6-13)12-17(22)20-16-10-14(18)9-15(19)11-16/h2-6,9-11H,7-8,12H2,1H3,(H,20,22). The molecule has 2 aromatic carbocycles. The lowest BCUT2D eigenvalue weighted by Gasteiger charge is -2.19. The van der Waals surface area contributed by atoms with E-state index in [1.54, 1.807) is 18.2 Å². The highest BCUT2D eigenvalue weighted by atomic mass is 35.5. The summed E-state index contributed by atoms with van der Waals surface area (Å²) in [7, 11) is -3.52. The smallest absolute Gasteiger partial charge is 0.239 e. The molecule has 2 aromatic rings. The number of amides is 1. The van der Waals surface area contributed by atoms with Gasteiger partial charge in [-0.05, 0) is 30.2 Å². The third-order valence-electron chi connectivity index (χ3n) is 3.43. The molecule has 0 bridgehead atoms. The molecule has 0 spiro atoms. The molecule has 0 fully saturated rings. The van der Waals surface area contributed by atoms with E-state index in [9.17, 15) is 13.2 Å². The van der Waals surface area contributed by atoms with Gasteiger partial charge >= 0.3 is 0 Å². The summed E-state index contributed by atoms with van der Waals surface area (Å²) in [4.78, 5) is 12.2. The Morgan fingerprint density at radius 1 is 1.08 bits per heavy atom. The van der Waals surface area contributed by atoms with Gasteiger partial charge in [0.2, 0.25) is 15.9 Å². The van der Waals surface area contributed by atoms with Crippen molar-refractivity contribution in [2.45, 2.75) is 6.42 Å². The molecule has 0 unspecified atom stereocenters. The number of nitrogens with one attached hydrogen (secondary N) is 1. The molecule has 0 aromatic heterocycles. The summed E-state index contributed by atoms with van der Waals surface area (Å²) in [6.07, 6.45) is 1.60. The molecule has 5 nitrogen and oxygen atoms in total. The first-order valence-corrected chi connectivity index (χ1v) is 10.1. The third-order valence-corrected chi connectivity index (χ3v) is 5.11. The summed E-state index contributed by atoms with van der Waals surface area (Å²) < 4.78 is 25.0. The van der Waals surface area contributed by atoms with Crippen molar-refractivity contribution in [2.24, 2.45) is 0 Å². The number of rotatable bonds is 7. The van der Waals surface area contributed by atoms with Crippen molar-refractivity contribution < 1.29 is 13.2 Å². The van der Waals surface area contributed by atoms with Gasteiger partial charge in [0.25, 0.3) is 0 Å². The highest BCUT2D eigenvalue weighted by molar-refractivity contribution is 7.88. The van der Waals surface area contributed by atoms with Crippen LogP contribution in [0.4, 0.5) is 5.69 Å². The van der Waals surface area contributed by atoms with Gasteiger partial charge in [-0.1, -0.05) is 53.5 Å². The molecule has 1 N–H and O–H groups in total. The number of sulfonamides is 1. The van der Waals surface area contributed by atoms with E-state index in [1.165, 1.54) is 0 Å². The molecular weight excluding hydrogens is 383 g/mol. The van der Waals surface area contributed by atoms with Crippen molar-refractivity contribution in [3.05, 3.63) is 64.1 Å². The second-order valence-corrected chi connectivity index (χ2v) is 8.39. The van der Waals surface area contributed by atoms with Crippen LogP contribution in [-0.2, 0) is 21.2 Å². The van der Waals surface area contributed by atoms with E-state index in [1.807, 2.05) is 30.3 Å². The van der Waals surface area contributed by atoms with Crippen LogP contribution in [0.2, 0.25) is 10.0 Å². The van der Waals surface area contributed by atoms with Gasteiger partial charge in [0.05, 0.1) is 12.8 Å². The van der Waals surface area contributed by atoms with E-state index in [0.717, 1.165) is 16.1 Å². The van der Waals surface area contributed by atoms with E-state index in [0.29, 0.717) is 22.2 Å². The normalized spacial score (nSPS) is 11.5. The number of hydrogen-bond acceptors (Lipinski definition) is 3. The van der Waals surface area contributed by atoms with Crippen LogP contribution < -0.4 is 5.32 Å². The lowest BCUT2D eigenvalue weighted by molar-refractivity contribution is -0.116.